The lowest BCUT2D eigenvalue weighted by molar-refractivity contribution is -0.432. The van der Waals surface area contributed by atoms with Gasteiger partial charge in [0.2, 0.25) is 0 Å². The van der Waals surface area contributed by atoms with E-state index in [9.17, 15) is 23.5 Å². The average molecular weight is 542 g/mol. The molecule has 0 aromatic carbocycles. The number of nitriles is 2. The van der Waals surface area contributed by atoms with Crippen molar-refractivity contribution in [3.05, 3.63) is 5.69 Å². The molecule has 0 amide bonds. The standard InChI is InChI=1S/C21H31N7O6S2/c1-21(2,3)19-18(26-25-14-5-4-12(10-22)13(8-14)11-23)20(24)28(27-19)16-9-15(35-34-33-29)6-7-17(16)36(30,31)32/h12-17,29H,4-9,24H2,1-3H3,(H,30,31,32). The lowest BCUT2D eigenvalue weighted by Gasteiger charge is -2.33. The van der Waals surface area contributed by atoms with Crippen molar-refractivity contribution in [3.8, 4) is 12.1 Å². The number of hydrogen-bond acceptors (Lipinski definition) is 12. The fraction of sp³-hybridized carbons (Fsp3) is 0.762. The summed E-state index contributed by atoms with van der Waals surface area (Å²) in [6, 6.07) is 3.28. The van der Waals surface area contributed by atoms with Gasteiger partial charge < -0.3 is 5.73 Å². The van der Waals surface area contributed by atoms with Gasteiger partial charge in [-0.2, -0.15) is 29.2 Å². The highest BCUT2D eigenvalue weighted by Crippen LogP contribution is 2.44. The zero-order valence-corrected chi connectivity index (χ0v) is 21.9. The average Bonchev–Trinajstić information content (AvgIpc) is 3.16. The zero-order valence-electron chi connectivity index (χ0n) is 20.3. The molecule has 0 spiro atoms. The van der Waals surface area contributed by atoms with Gasteiger partial charge in [0.25, 0.3) is 10.1 Å². The second-order valence-electron chi connectivity index (χ2n) is 10.2. The van der Waals surface area contributed by atoms with Crippen molar-refractivity contribution < 1.29 is 27.6 Å². The first kappa shape index (κ1) is 28.3. The van der Waals surface area contributed by atoms with Crippen molar-refractivity contribution >= 4 is 33.7 Å². The molecule has 2 saturated carbocycles. The van der Waals surface area contributed by atoms with Gasteiger partial charge in [0.1, 0.15) is 11.1 Å². The Kier molecular flexibility index (Phi) is 8.97. The molecule has 0 radical (unpaired) electrons. The quantitative estimate of drug-likeness (QED) is 0.147. The lowest BCUT2D eigenvalue weighted by atomic mass is 9.79. The summed E-state index contributed by atoms with van der Waals surface area (Å²) < 4.78 is 40.3. The summed E-state index contributed by atoms with van der Waals surface area (Å²) in [5, 5.41) is 42.9. The molecule has 1 aromatic rings. The van der Waals surface area contributed by atoms with E-state index in [1.165, 1.54) is 4.68 Å². The Labute approximate surface area is 214 Å². The van der Waals surface area contributed by atoms with Crippen LogP contribution in [-0.2, 0) is 24.9 Å². The van der Waals surface area contributed by atoms with Crippen molar-refractivity contribution in [2.45, 2.75) is 87.3 Å². The third-order valence-electron chi connectivity index (χ3n) is 6.72. The summed E-state index contributed by atoms with van der Waals surface area (Å²) in [6.07, 6.45) is 2.30. The van der Waals surface area contributed by atoms with E-state index >= 15 is 0 Å². The number of nitrogen functional groups attached to an aromatic ring is 1. The van der Waals surface area contributed by atoms with Crippen LogP contribution in [0, 0.1) is 34.5 Å². The topological polar surface area (TPSA) is 209 Å². The van der Waals surface area contributed by atoms with E-state index in [4.69, 9.17) is 11.0 Å². The third-order valence-corrected chi connectivity index (χ3v) is 8.87. The van der Waals surface area contributed by atoms with Crippen molar-refractivity contribution in [2.75, 3.05) is 5.73 Å². The first-order valence-electron chi connectivity index (χ1n) is 11.6. The number of rotatable bonds is 7. The van der Waals surface area contributed by atoms with Crippen molar-refractivity contribution in [1.29, 1.82) is 10.5 Å². The number of anilines is 1. The molecule has 3 rings (SSSR count). The molecule has 2 fully saturated rings. The van der Waals surface area contributed by atoms with Crippen LogP contribution in [0.5, 0.6) is 0 Å². The third kappa shape index (κ3) is 6.34. The number of hydrogen-bond donors (Lipinski definition) is 3. The van der Waals surface area contributed by atoms with E-state index in [-0.39, 0.29) is 35.9 Å². The Morgan fingerprint density at radius 2 is 1.86 bits per heavy atom. The summed E-state index contributed by atoms with van der Waals surface area (Å²) in [6.45, 7) is 5.73. The van der Waals surface area contributed by atoms with Crippen LogP contribution >= 0.6 is 12.0 Å². The maximum Gasteiger partial charge on any atom is 0.269 e. The molecule has 1 heterocycles. The molecule has 15 heteroatoms. The molecule has 6 unspecified atom stereocenters. The highest BCUT2D eigenvalue weighted by molar-refractivity contribution is 7.95. The highest BCUT2D eigenvalue weighted by Gasteiger charge is 2.42. The molecule has 0 saturated heterocycles. The first-order chi connectivity index (χ1) is 16.9. The predicted octanol–water partition coefficient (Wildman–Crippen LogP) is 4.10. The van der Waals surface area contributed by atoms with Gasteiger partial charge in [-0.1, -0.05) is 25.8 Å². The van der Waals surface area contributed by atoms with Crippen molar-refractivity contribution in [3.63, 3.8) is 0 Å². The van der Waals surface area contributed by atoms with E-state index in [0.29, 0.717) is 37.1 Å². The van der Waals surface area contributed by atoms with Gasteiger partial charge in [-0.25, -0.2) is 9.94 Å². The second kappa shape index (κ2) is 11.4. The summed E-state index contributed by atoms with van der Waals surface area (Å²) in [5.74, 6) is -0.642. The normalized spacial score (nSPS) is 29.6. The number of nitrogens with zero attached hydrogens (tertiary/aromatic N) is 6. The molecule has 4 N–H and O–H groups in total. The fourth-order valence-corrected chi connectivity index (χ4v) is 6.54. The van der Waals surface area contributed by atoms with Crippen LogP contribution in [0.1, 0.15) is 71.0 Å². The molecule has 1 aromatic heterocycles. The molecule has 2 aliphatic rings. The maximum atomic E-state index is 12.2. The number of nitrogens with two attached hydrogens (primary N) is 1. The van der Waals surface area contributed by atoms with Crippen molar-refractivity contribution in [2.24, 2.45) is 22.1 Å². The summed E-state index contributed by atoms with van der Waals surface area (Å²) >= 11 is 0.842. The van der Waals surface area contributed by atoms with E-state index in [1.807, 2.05) is 20.8 Å². The van der Waals surface area contributed by atoms with Crippen LogP contribution in [0.4, 0.5) is 11.5 Å². The minimum absolute atomic E-state index is 0.106. The van der Waals surface area contributed by atoms with Crippen LogP contribution in [0.15, 0.2) is 10.2 Å². The monoisotopic (exact) mass is 541 g/mol. The Morgan fingerprint density at radius 3 is 2.44 bits per heavy atom. The molecular formula is C21H31N7O6S2. The van der Waals surface area contributed by atoms with Gasteiger partial charge in [0.05, 0.1) is 41.8 Å². The van der Waals surface area contributed by atoms with Crippen LogP contribution in [-0.4, -0.2) is 44.5 Å². The van der Waals surface area contributed by atoms with Gasteiger partial charge in [-0.15, -0.1) is 9.45 Å². The van der Waals surface area contributed by atoms with Gasteiger partial charge in [0.15, 0.2) is 5.69 Å². The van der Waals surface area contributed by atoms with Crippen LogP contribution < -0.4 is 5.73 Å². The van der Waals surface area contributed by atoms with Crippen LogP contribution in [0.3, 0.4) is 0 Å². The van der Waals surface area contributed by atoms with Crippen LogP contribution in [0.25, 0.3) is 0 Å². The molecular weight excluding hydrogens is 510 g/mol. The highest BCUT2D eigenvalue weighted by atomic mass is 32.2. The van der Waals surface area contributed by atoms with Gasteiger partial charge >= 0.3 is 0 Å². The van der Waals surface area contributed by atoms with E-state index < -0.39 is 32.7 Å². The van der Waals surface area contributed by atoms with Gasteiger partial charge in [-0.05, 0) is 38.5 Å². The van der Waals surface area contributed by atoms with E-state index in [0.717, 1.165) is 12.0 Å². The Bertz CT molecular complexity index is 1150. The number of azo groups is 1. The fourth-order valence-electron chi connectivity index (χ4n) is 4.83. The first-order valence-corrected chi connectivity index (χ1v) is 13.9. The minimum atomic E-state index is -4.43. The summed E-state index contributed by atoms with van der Waals surface area (Å²) in [5.41, 5.74) is 6.75. The second-order valence-corrected chi connectivity index (χ2v) is 12.9. The minimum Gasteiger partial charge on any atom is -0.382 e. The molecule has 36 heavy (non-hydrogen) atoms. The Balaban J connectivity index is 1.98. The van der Waals surface area contributed by atoms with Crippen LogP contribution in [0.2, 0.25) is 0 Å². The van der Waals surface area contributed by atoms with E-state index in [2.05, 4.69) is 36.8 Å². The maximum absolute atomic E-state index is 12.2. The van der Waals surface area contributed by atoms with Gasteiger partial charge in [0, 0.05) is 22.7 Å². The van der Waals surface area contributed by atoms with E-state index in [1.54, 1.807) is 0 Å². The van der Waals surface area contributed by atoms with Gasteiger partial charge in [-0.3, -0.25) is 4.55 Å². The Hall–Kier alpha value is -2.27. The molecule has 13 nitrogen and oxygen atoms in total. The summed E-state index contributed by atoms with van der Waals surface area (Å²) in [7, 11) is -4.43. The zero-order chi connectivity index (χ0) is 26.7. The smallest absolute Gasteiger partial charge is 0.269 e. The SMILES string of the molecule is CC(C)(C)c1nn(C2CC(SOOO)CCC2S(=O)(=O)O)c(N)c1N=NC1CCC(C#N)C(C#N)C1. The molecule has 6 atom stereocenters. The Morgan fingerprint density at radius 1 is 1.17 bits per heavy atom. The molecule has 2 aliphatic carbocycles. The molecule has 198 valence electrons. The lowest BCUT2D eigenvalue weighted by Crippen LogP contribution is -2.39. The summed E-state index contributed by atoms with van der Waals surface area (Å²) in [4.78, 5) is 0. The predicted molar refractivity (Wildman–Crippen MR) is 130 cm³/mol. The van der Waals surface area contributed by atoms with Crippen molar-refractivity contribution in [1.82, 2.24) is 9.78 Å². The number of aromatic nitrogens is 2. The molecule has 0 bridgehead atoms. The molecule has 0 aliphatic heterocycles. The largest absolute Gasteiger partial charge is 0.382 e.